The fourth-order valence-electron chi connectivity index (χ4n) is 2.88. The molecule has 3 rings (SSSR count). The number of rotatable bonds is 9. The molecule has 0 unspecified atom stereocenters. The summed E-state index contributed by atoms with van der Waals surface area (Å²) in [6.45, 7) is 15.2. The number of hydrogen-bond acceptors (Lipinski definition) is 6. The Hall–Kier alpha value is -3.25. The van der Waals surface area contributed by atoms with Crippen molar-refractivity contribution < 1.29 is 23.4 Å². The summed E-state index contributed by atoms with van der Waals surface area (Å²) in [6.07, 6.45) is 3.36. The van der Waals surface area contributed by atoms with Gasteiger partial charge in [0.25, 0.3) is 0 Å². The maximum absolute atomic E-state index is 13.2. The zero-order valence-corrected chi connectivity index (χ0v) is 18.6. The van der Waals surface area contributed by atoms with Crippen LogP contribution >= 0.6 is 0 Å². The highest BCUT2D eigenvalue weighted by molar-refractivity contribution is 5.94. The van der Waals surface area contributed by atoms with Crippen LogP contribution in [0.5, 0.6) is 17.2 Å². The summed E-state index contributed by atoms with van der Waals surface area (Å²) >= 11 is 0. The molecule has 0 fully saturated rings. The summed E-state index contributed by atoms with van der Waals surface area (Å²) in [5, 5.41) is 0.822. The smallest absolute Gasteiger partial charge is 0.205 e. The Balaban J connectivity index is 2.30. The third-order valence-corrected chi connectivity index (χ3v) is 4.80. The molecular formula is C25H28O6. The van der Waals surface area contributed by atoms with Crippen molar-refractivity contribution in [3.63, 3.8) is 0 Å². The summed E-state index contributed by atoms with van der Waals surface area (Å²) in [5.74, 6) is 1.27. The van der Waals surface area contributed by atoms with Crippen LogP contribution in [0.25, 0.3) is 21.9 Å². The van der Waals surface area contributed by atoms with Crippen molar-refractivity contribution in [2.45, 2.75) is 38.9 Å². The van der Waals surface area contributed by atoms with Crippen LogP contribution < -0.4 is 19.6 Å². The van der Waals surface area contributed by atoms with Crippen molar-refractivity contribution in [2.75, 3.05) is 13.9 Å². The van der Waals surface area contributed by atoms with E-state index in [4.69, 9.17) is 23.4 Å². The van der Waals surface area contributed by atoms with E-state index < -0.39 is 11.2 Å². The molecule has 0 N–H and O–H groups in total. The van der Waals surface area contributed by atoms with E-state index in [2.05, 4.69) is 13.2 Å². The molecule has 6 heteroatoms. The summed E-state index contributed by atoms with van der Waals surface area (Å²) in [6, 6.07) is 8.41. The Labute approximate surface area is 181 Å². The largest absolute Gasteiger partial charge is 0.480 e. The number of methoxy groups -OCH3 is 1. The minimum Gasteiger partial charge on any atom is -0.480 e. The van der Waals surface area contributed by atoms with Crippen LogP contribution in [0.15, 0.2) is 64.9 Å². The van der Waals surface area contributed by atoms with Gasteiger partial charge in [0.2, 0.25) is 11.2 Å². The number of fused-ring (bicyclic) bond motifs is 2. The van der Waals surface area contributed by atoms with Crippen LogP contribution in [-0.4, -0.2) is 25.1 Å². The molecule has 1 heterocycles. The lowest BCUT2D eigenvalue weighted by atomic mass is 10.1. The van der Waals surface area contributed by atoms with Crippen LogP contribution in [0.1, 0.15) is 27.7 Å². The summed E-state index contributed by atoms with van der Waals surface area (Å²) < 4.78 is 28.9. The first-order valence-corrected chi connectivity index (χ1v) is 9.91. The van der Waals surface area contributed by atoms with Crippen molar-refractivity contribution in [3.8, 4) is 17.2 Å². The Kier molecular flexibility index (Phi) is 6.13. The van der Waals surface area contributed by atoms with Crippen molar-refractivity contribution in [3.05, 3.63) is 65.9 Å². The predicted molar refractivity (Wildman–Crippen MR) is 122 cm³/mol. The fraction of sp³-hybridized carbons (Fsp3) is 0.320. The van der Waals surface area contributed by atoms with Crippen LogP contribution in [-0.2, 0) is 4.74 Å². The maximum atomic E-state index is 13.2. The quantitative estimate of drug-likeness (QED) is 0.252. The fourth-order valence-corrected chi connectivity index (χ4v) is 2.88. The van der Waals surface area contributed by atoms with Gasteiger partial charge in [0.1, 0.15) is 22.5 Å². The van der Waals surface area contributed by atoms with Gasteiger partial charge in [0.05, 0.1) is 10.8 Å². The second-order valence-corrected chi connectivity index (χ2v) is 8.23. The van der Waals surface area contributed by atoms with Gasteiger partial charge >= 0.3 is 0 Å². The topological polar surface area (TPSA) is 67.1 Å². The second-order valence-electron chi connectivity index (χ2n) is 8.23. The monoisotopic (exact) mass is 424 g/mol. The lowest BCUT2D eigenvalue weighted by molar-refractivity contribution is 0.0512. The highest BCUT2D eigenvalue weighted by Crippen LogP contribution is 2.40. The zero-order chi connectivity index (χ0) is 22.8. The molecule has 0 atom stereocenters. The van der Waals surface area contributed by atoms with Crippen LogP contribution in [0.2, 0.25) is 0 Å². The van der Waals surface area contributed by atoms with Gasteiger partial charge in [-0.3, -0.25) is 4.79 Å². The normalized spacial score (nSPS) is 12.0. The van der Waals surface area contributed by atoms with Crippen molar-refractivity contribution in [1.29, 1.82) is 0 Å². The van der Waals surface area contributed by atoms with E-state index >= 15 is 0 Å². The number of hydrogen-bond donors (Lipinski definition) is 0. The van der Waals surface area contributed by atoms with E-state index in [9.17, 15) is 4.79 Å². The van der Waals surface area contributed by atoms with Crippen LogP contribution in [0.4, 0.5) is 0 Å². The molecule has 1 aromatic heterocycles. The molecule has 0 aliphatic rings. The first-order chi connectivity index (χ1) is 14.6. The van der Waals surface area contributed by atoms with Gasteiger partial charge in [-0.2, -0.15) is 0 Å². The van der Waals surface area contributed by atoms with Gasteiger partial charge in [0.15, 0.2) is 18.1 Å². The van der Waals surface area contributed by atoms with Crippen LogP contribution in [0, 0.1) is 0 Å². The molecule has 0 bridgehead atoms. The molecule has 31 heavy (non-hydrogen) atoms. The summed E-state index contributed by atoms with van der Waals surface area (Å²) in [7, 11) is 1.53. The van der Waals surface area contributed by atoms with Gasteiger partial charge in [-0.15, -0.1) is 0 Å². The van der Waals surface area contributed by atoms with E-state index in [1.807, 2.05) is 27.7 Å². The van der Waals surface area contributed by atoms with E-state index in [0.29, 0.717) is 33.6 Å². The molecule has 0 saturated carbocycles. The molecule has 6 nitrogen and oxygen atoms in total. The maximum Gasteiger partial charge on any atom is 0.205 e. The van der Waals surface area contributed by atoms with Crippen LogP contribution in [0.3, 0.4) is 0 Å². The second kappa shape index (κ2) is 8.47. The van der Waals surface area contributed by atoms with Gasteiger partial charge < -0.3 is 23.4 Å². The van der Waals surface area contributed by atoms with Crippen molar-refractivity contribution in [2.24, 2.45) is 0 Å². The molecule has 2 aromatic carbocycles. The number of ether oxygens (including phenoxy) is 4. The molecule has 164 valence electrons. The Morgan fingerprint density at radius 3 is 2.26 bits per heavy atom. The molecule has 0 aliphatic carbocycles. The molecule has 0 amide bonds. The lowest BCUT2D eigenvalue weighted by Gasteiger charge is -2.28. The third-order valence-electron chi connectivity index (χ3n) is 4.80. The minimum atomic E-state index is -0.734. The van der Waals surface area contributed by atoms with Gasteiger partial charge in [-0.1, -0.05) is 13.2 Å². The van der Waals surface area contributed by atoms with E-state index in [-0.39, 0.29) is 17.8 Å². The van der Waals surface area contributed by atoms with Gasteiger partial charge in [-0.25, -0.2) is 0 Å². The summed E-state index contributed by atoms with van der Waals surface area (Å²) in [5.41, 5.74) is -0.920. The molecule has 0 radical (unpaired) electrons. The lowest BCUT2D eigenvalue weighted by Crippen LogP contribution is -2.28. The van der Waals surface area contributed by atoms with E-state index in [0.717, 1.165) is 0 Å². The molecule has 0 aliphatic heterocycles. The summed E-state index contributed by atoms with van der Waals surface area (Å²) in [4.78, 5) is 13.2. The first kappa shape index (κ1) is 22.4. The molecule has 0 saturated heterocycles. The average molecular weight is 424 g/mol. The van der Waals surface area contributed by atoms with Crippen molar-refractivity contribution >= 4 is 21.9 Å². The molecular weight excluding hydrogens is 396 g/mol. The zero-order valence-electron chi connectivity index (χ0n) is 18.6. The standard InChI is InChI=1S/C25H28O6/c1-8-24(3,4)30-19-13-12-18-21(26)17-11-10-16(28-15-27-7)14-20(17)29-22(18)23(19)31-25(5,6)9-2/h8-14H,1-2,15H2,3-7H3. The first-order valence-electron chi connectivity index (χ1n) is 9.91. The molecule has 3 aromatic rings. The minimum absolute atomic E-state index is 0.0832. The van der Waals surface area contributed by atoms with Crippen molar-refractivity contribution in [1.82, 2.24) is 0 Å². The highest BCUT2D eigenvalue weighted by Gasteiger charge is 2.26. The Morgan fingerprint density at radius 2 is 1.61 bits per heavy atom. The van der Waals surface area contributed by atoms with E-state index in [1.165, 1.54) is 7.11 Å². The molecule has 0 spiro atoms. The average Bonchev–Trinajstić information content (AvgIpc) is 2.74. The SMILES string of the molecule is C=CC(C)(C)Oc1ccc2c(=O)c3ccc(OCOC)cc3oc2c1OC(C)(C)C=C. The van der Waals surface area contributed by atoms with E-state index in [1.54, 1.807) is 42.5 Å². The highest BCUT2D eigenvalue weighted by atomic mass is 16.7. The Bertz CT molecular complexity index is 1190. The predicted octanol–water partition coefficient (Wildman–Crippen LogP) is 5.62. The third kappa shape index (κ3) is 4.75. The Morgan fingerprint density at radius 1 is 0.968 bits per heavy atom. The van der Waals surface area contributed by atoms with Gasteiger partial charge in [-0.05, 0) is 64.1 Å². The van der Waals surface area contributed by atoms with Gasteiger partial charge in [0, 0.05) is 13.2 Å². The number of benzene rings is 2.